The van der Waals surface area contributed by atoms with Gasteiger partial charge >= 0.3 is 5.97 Å². The molecule has 0 unspecified atom stereocenters. The molecule has 2 rings (SSSR count). The molecule has 2 aromatic carbocycles. The van der Waals surface area contributed by atoms with E-state index in [2.05, 4.69) is 5.32 Å². The van der Waals surface area contributed by atoms with Gasteiger partial charge in [0.15, 0.2) is 6.61 Å². The summed E-state index contributed by atoms with van der Waals surface area (Å²) < 4.78 is 17.7. The summed E-state index contributed by atoms with van der Waals surface area (Å²) in [5.41, 5.74) is 0.300. The van der Waals surface area contributed by atoms with E-state index in [1.807, 2.05) is 0 Å². The Morgan fingerprint density at radius 3 is 2.32 bits per heavy atom. The predicted molar refractivity (Wildman–Crippen MR) is 75.6 cm³/mol. The third-order valence-electron chi connectivity index (χ3n) is 2.68. The van der Waals surface area contributed by atoms with Crippen molar-refractivity contribution in [3.05, 3.63) is 71.5 Å². The highest BCUT2D eigenvalue weighted by Crippen LogP contribution is 2.05. The first-order chi connectivity index (χ1) is 10.6. The zero-order chi connectivity index (χ0) is 15.9. The number of carbonyl (C=O) groups excluding carboxylic acids is 3. The van der Waals surface area contributed by atoms with Crippen molar-refractivity contribution in [1.29, 1.82) is 0 Å². The van der Waals surface area contributed by atoms with E-state index in [0.29, 0.717) is 5.56 Å². The number of rotatable bonds is 4. The molecule has 6 heteroatoms. The van der Waals surface area contributed by atoms with E-state index in [-0.39, 0.29) is 5.56 Å². The van der Waals surface area contributed by atoms with Crippen molar-refractivity contribution in [2.45, 2.75) is 0 Å². The van der Waals surface area contributed by atoms with Crippen molar-refractivity contribution in [2.75, 3.05) is 6.61 Å². The van der Waals surface area contributed by atoms with Gasteiger partial charge in [-0.2, -0.15) is 0 Å². The monoisotopic (exact) mass is 301 g/mol. The van der Waals surface area contributed by atoms with E-state index in [1.54, 1.807) is 30.3 Å². The molecule has 0 aliphatic heterocycles. The van der Waals surface area contributed by atoms with Crippen LogP contribution in [0.1, 0.15) is 20.7 Å². The van der Waals surface area contributed by atoms with E-state index in [9.17, 15) is 18.8 Å². The Kier molecular flexibility index (Phi) is 4.98. The zero-order valence-corrected chi connectivity index (χ0v) is 11.4. The summed E-state index contributed by atoms with van der Waals surface area (Å²) in [5.74, 6) is -2.79. The minimum atomic E-state index is -0.846. The fourth-order valence-electron chi connectivity index (χ4n) is 1.65. The Bertz CT molecular complexity index is 700. The van der Waals surface area contributed by atoms with Gasteiger partial charge in [-0.25, -0.2) is 9.18 Å². The second-order valence-corrected chi connectivity index (χ2v) is 4.33. The highest BCUT2D eigenvalue weighted by atomic mass is 19.1. The first-order valence-electron chi connectivity index (χ1n) is 6.38. The minimum Gasteiger partial charge on any atom is -0.452 e. The van der Waals surface area contributed by atoms with Crippen LogP contribution in [-0.2, 0) is 9.53 Å². The summed E-state index contributed by atoms with van der Waals surface area (Å²) in [5, 5.41) is 2.09. The third-order valence-corrected chi connectivity index (χ3v) is 2.68. The predicted octanol–water partition coefficient (Wildman–Crippen LogP) is 1.94. The fourth-order valence-corrected chi connectivity index (χ4v) is 1.65. The zero-order valence-electron chi connectivity index (χ0n) is 11.4. The molecular formula is C16H12FNO4. The van der Waals surface area contributed by atoms with Crippen LogP contribution in [0.4, 0.5) is 4.39 Å². The standard InChI is InChI=1S/C16H12FNO4/c17-13-8-4-7-12(9-13)16(21)22-10-14(19)18-15(20)11-5-2-1-3-6-11/h1-9H,10H2,(H,18,19,20). The van der Waals surface area contributed by atoms with Crippen molar-refractivity contribution in [1.82, 2.24) is 5.32 Å². The molecule has 0 aromatic heterocycles. The molecular weight excluding hydrogens is 289 g/mol. The van der Waals surface area contributed by atoms with Crippen molar-refractivity contribution in [3.63, 3.8) is 0 Å². The number of carbonyl (C=O) groups is 3. The molecule has 22 heavy (non-hydrogen) atoms. The van der Waals surface area contributed by atoms with Gasteiger partial charge in [0.2, 0.25) is 0 Å². The summed E-state index contributed by atoms with van der Waals surface area (Å²) in [6.07, 6.45) is 0. The lowest BCUT2D eigenvalue weighted by Crippen LogP contribution is -2.34. The van der Waals surface area contributed by atoms with Crippen molar-refractivity contribution in [2.24, 2.45) is 0 Å². The molecule has 5 nitrogen and oxygen atoms in total. The summed E-state index contributed by atoms with van der Waals surface area (Å²) >= 11 is 0. The van der Waals surface area contributed by atoms with Gasteiger partial charge in [0.25, 0.3) is 11.8 Å². The normalized spacial score (nSPS) is 9.86. The first-order valence-corrected chi connectivity index (χ1v) is 6.38. The van der Waals surface area contributed by atoms with E-state index < -0.39 is 30.2 Å². The maximum Gasteiger partial charge on any atom is 0.338 e. The van der Waals surface area contributed by atoms with Gasteiger partial charge in [-0.15, -0.1) is 0 Å². The number of esters is 1. The summed E-state index contributed by atoms with van der Waals surface area (Å²) in [4.78, 5) is 34.8. The molecule has 2 aromatic rings. The second kappa shape index (κ2) is 7.12. The number of benzene rings is 2. The lowest BCUT2D eigenvalue weighted by atomic mass is 10.2. The second-order valence-electron chi connectivity index (χ2n) is 4.33. The van der Waals surface area contributed by atoms with Gasteiger partial charge in [0.05, 0.1) is 5.56 Å². The van der Waals surface area contributed by atoms with Crippen LogP contribution in [0.15, 0.2) is 54.6 Å². The average Bonchev–Trinajstić information content (AvgIpc) is 2.53. The van der Waals surface area contributed by atoms with E-state index in [0.717, 1.165) is 6.07 Å². The van der Waals surface area contributed by atoms with Gasteiger partial charge in [-0.1, -0.05) is 24.3 Å². The molecule has 0 aliphatic rings. The van der Waals surface area contributed by atoms with Crippen LogP contribution in [0.2, 0.25) is 0 Å². The molecule has 112 valence electrons. The van der Waals surface area contributed by atoms with Gasteiger partial charge in [-0.05, 0) is 30.3 Å². The Labute approximate surface area is 125 Å². The Balaban J connectivity index is 1.85. The number of amides is 2. The number of ether oxygens (including phenoxy) is 1. The molecule has 0 fully saturated rings. The summed E-state index contributed by atoms with van der Waals surface area (Å²) in [6, 6.07) is 13.0. The number of imide groups is 1. The molecule has 1 N–H and O–H groups in total. The maximum atomic E-state index is 13.0. The van der Waals surface area contributed by atoms with Crippen LogP contribution in [0.3, 0.4) is 0 Å². The van der Waals surface area contributed by atoms with Crippen LogP contribution < -0.4 is 5.32 Å². The summed E-state index contributed by atoms with van der Waals surface area (Å²) in [7, 11) is 0. The first kappa shape index (κ1) is 15.4. The van der Waals surface area contributed by atoms with Crippen LogP contribution >= 0.6 is 0 Å². The number of halogens is 1. The molecule has 0 bridgehead atoms. The van der Waals surface area contributed by atoms with Crippen molar-refractivity contribution < 1.29 is 23.5 Å². The number of hydrogen-bond donors (Lipinski definition) is 1. The molecule has 0 atom stereocenters. The van der Waals surface area contributed by atoms with E-state index in [4.69, 9.17) is 4.74 Å². The smallest absolute Gasteiger partial charge is 0.338 e. The SMILES string of the molecule is O=C(COC(=O)c1cccc(F)c1)NC(=O)c1ccccc1. The van der Waals surface area contributed by atoms with Gasteiger partial charge in [-0.3, -0.25) is 14.9 Å². The van der Waals surface area contributed by atoms with Crippen molar-refractivity contribution >= 4 is 17.8 Å². The molecule has 0 aliphatic carbocycles. The van der Waals surface area contributed by atoms with Crippen molar-refractivity contribution in [3.8, 4) is 0 Å². The quantitative estimate of drug-likeness (QED) is 0.876. The van der Waals surface area contributed by atoms with E-state index >= 15 is 0 Å². The maximum absolute atomic E-state index is 13.0. The van der Waals surface area contributed by atoms with Crippen LogP contribution in [0, 0.1) is 5.82 Å². The van der Waals surface area contributed by atoms with E-state index in [1.165, 1.54) is 18.2 Å². The van der Waals surface area contributed by atoms with Gasteiger partial charge in [0.1, 0.15) is 5.82 Å². The molecule has 0 radical (unpaired) electrons. The topological polar surface area (TPSA) is 72.5 Å². The minimum absolute atomic E-state index is 0.0119. The molecule has 0 heterocycles. The van der Waals surface area contributed by atoms with Crippen LogP contribution in [-0.4, -0.2) is 24.4 Å². The highest BCUT2D eigenvalue weighted by Gasteiger charge is 2.13. The van der Waals surface area contributed by atoms with Crippen LogP contribution in [0.25, 0.3) is 0 Å². The van der Waals surface area contributed by atoms with Crippen LogP contribution in [0.5, 0.6) is 0 Å². The Morgan fingerprint density at radius 2 is 1.64 bits per heavy atom. The fraction of sp³-hybridized carbons (Fsp3) is 0.0625. The Morgan fingerprint density at radius 1 is 0.955 bits per heavy atom. The third kappa shape index (κ3) is 4.24. The van der Waals surface area contributed by atoms with Gasteiger partial charge < -0.3 is 4.74 Å². The lowest BCUT2D eigenvalue weighted by molar-refractivity contribution is -0.123. The average molecular weight is 301 g/mol. The largest absolute Gasteiger partial charge is 0.452 e. The molecule has 0 saturated heterocycles. The number of hydrogen-bond acceptors (Lipinski definition) is 4. The lowest BCUT2D eigenvalue weighted by Gasteiger charge is -2.06. The summed E-state index contributed by atoms with van der Waals surface area (Å²) in [6.45, 7) is -0.631. The molecule has 2 amide bonds. The number of nitrogens with one attached hydrogen (secondary N) is 1. The van der Waals surface area contributed by atoms with Gasteiger partial charge in [0, 0.05) is 5.56 Å². The Hall–Kier alpha value is -3.02. The molecule has 0 spiro atoms. The molecule has 0 saturated carbocycles. The highest BCUT2D eigenvalue weighted by molar-refractivity contribution is 6.05.